The molecule has 7 heteroatoms. The molecule has 0 radical (unpaired) electrons. The van der Waals surface area contributed by atoms with Crippen LogP contribution in [0.25, 0.3) is 0 Å². The van der Waals surface area contributed by atoms with Gasteiger partial charge in [0.2, 0.25) is 10.0 Å². The molecule has 1 aromatic rings. The Labute approximate surface area is 168 Å². The third-order valence-corrected chi connectivity index (χ3v) is 8.10. The molecule has 0 amide bonds. The van der Waals surface area contributed by atoms with E-state index in [2.05, 4.69) is 4.90 Å². The number of esters is 1. The normalized spacial score (nSPS) is 24.6. The molecule has 156 valence electrons. The molecule has 2 fully saturated rings. The third kappa shape index (κ3) is 4.58. The summed E-state index contributed by atoms with van der Waals surface area (Å²) in [7, 11) is 1.04. The van der Waals surface area contributed by atoms with E-state index in [1.807, 2.05) is 6.07 Å². The molecule has 2 aliphatic rings. The van der Waals surface area contributed by atoms with Gasteiger partial charge < -0.3 is 4.74 Å². The molecule has 1 saturated heterocycles. The minimum absolute atomic E-state index is 0.185. The molecule has 3 rings (SSSR count). The van der Waals surface area contributed by atoms with Crippen LogP contribution in [0.2, 0.25) is 0 Å². The molecule has 1 aliphatic heterocycles. The summed E-state index contributed by atoms with van der Waals surface area (Å²) in [5.74, 6) is 1.01. The van der Waals surface area contributed by atoms with E-state index in [1.165, 1.54) is 57.6 Å². The number of benzene rings is 1. The fraction of sp³-hybridized carbons (Fsp3) is 0.667. The summed E-state index contributed by atoms with van der Waals surface area (Å²) < 4.78 is 31.2. The van der Waals surface area contributed by atoms with E-state index < -0.39 is 10.0 Å². The summed E-state index contributed by atoms with van der Waals surface area (Å²) >= 11 is 0. The summed E-state index contributed by atoms with van der Waals surface area (Å²) in [6.45, 7) is 1.43. The first-order valence-corrected chi connectivity index (χ1v) is 11.6. The highest BCUT2D eigenvalue weighted by atomic mass is 32.2. The van der Waals surface area contributed by atoms with E-state index in [0.29, 0.717) is 18.4 Å². The van der Waals surface area contributed by atoms with Crippen molar-refractivity contribution < 1.29 is 17.9 Å². The van der Waals surface area contributed by atoms with Crippen LogP contribution in [0, 0.1) is 11.8 Å². The number of nitrogens with zero attached hydrogens (tertiary/aromatic N) is 2. The molecule has 0 spiro atoms. The lowest BCUT2D eigenvalue weighted by atomic mass is 9.79. The van der Waals surface area contributed by atoms with Crippen LogP contribution in [0.15, 0.2) is 29.2 Å². The number of ether oxygens (including phenoxy) is 1. The predicted molar refractivity (Wildman–Crippen MR) is 108 cm³/mol. The average Bonchev–Trinajstić information content (AvgIpc) is 3.12. The number of hydrogen-bond donors (Lipinski definition) is 0. The van der Waals surface area contributed by atoms with E-state index in [0.717, 1.165) is 18.5 Å². The van der Waals surface area contributed by atoms with Gasteiger partial charge in [0.15, 0.2) is 0 Å². The van der Waals surface area contributed by atoms with Gasteiger partial charge >= 0.3 is 5.97 Å². The second-order valence-corrected chi connectivity index (χ2v) is 10.4. The fourth-order valence-electron chi connectivity index (χ4n) is 4.69. The van der Waals surface area contributed by atoms with Crippen molar-refractivity contribution in [2.75, 3.05) is 27.7 Å². The van der Waals surface area contributed by atoms with Gasteiger partial charge in [-0.25, -0.2) is 12.7 Å². The van der Waals surface area contributed by atoms with Gasteiger partial charge in [0.1, 0.15) is 6.04 Å². The lowest BCUT2D eigenvalue weighted by Crippen LogP contribution is -2.36. The summed E-state index contributed by atoms with van der Waals surface area (Å²) in [5, 5.41) is 0. The van der Waals surface area contributed by atoms with E-state index in [4.69, 9.17) is 4.74 Å². The first kappa shape index (κ1) is 21.3. The molecule has 1 aromatic carbocycles. The number of carbonyl (C=O) groups is 1. The number of sulfonamides is 1. The van der Waals surface area contributed by atoms with Gasteiger partial charge in [0.25, 0.3) is 0 Å². The van der Waals surface area contributed by atoms with Crippen molar-refractivity contribution in [3.05, 3.63) is 29.8 Å². The Morgan fingerprint density at radius 2 is 1.89 bits per heavy atom. The van der Waals surface area contributed by atoms with Crippen LogP contribution in [-0.2, 0) is 26.1 Å². The van der Waals surface area contributed by atoms with Crippen molar-refractivity contribution in [1.29, 1.82) is 0 Å². The molecule has 0 unspecified atom stereocenters. The van der Waals surface area contributed by atoms with Crippen LogP contribution in [0.4, 0.5) is 0 Å². The summed E-state index contributed by atoms with van der Waals surface area (Å²) in [4.78, 5) is 14.9. The number of likely N-dealkylation sites (tertiary alicyclic amines) is 1. The molecule has 6 nitrogen and oxygen atoms in total. The van der Waals surface area contributed by atoms with Gasteiger partial charge in [-0.15, -0.1) is 0 Å². The Morgan fingerprint density at radius 1 is 1.18 bits per heavy atom. The van der Waals surface area contributed by atoms with Crippen molar-refractivity contribution in [1.82, 2.24) is 9.21 Å². The molecule has 0 aromatic heterocycles. The van der Waals surface area contributed by atoms with E-state index in [1.54, 1.807) is 18.2 Å². The Hall–Kier alpha value is -1.44. The maximum absolute atomic E-state index is 12.4. The van der Waals surface area contributed by atoms with Crippen molar-refractivity contribution in [2.45, 2.75) is 56.0 Å². The predicted octanol–water partition coefficient (Wildman–Crippen LogP) is 2.88. The maximum atomic E-state index is 12.4. The lowest BCUT2D eigenvalue weighted by molar-refractivity contribution is -0.146. The number of rotatable bonds is 6. The Bertz CT molecular complexity index is 787. The van der Waals surface area contributed by atoms with Gasteiger partial charge in [0.05, 0.1) is 12.0 Å². The fourth-order valence-corrected chi connectivity index (χ4v) is 5.66. The van der Waals surface area contributed by atoms with Crippen LogP contribution in [0.1, 0.15) is 44.1 Å². The number of carbonyl (C=O) groups excluding carboxylic acids is 1. The topological polar surface area (TPSA) is 66.9 Å². The Kier molecular flexibility index (Phi) is 6.78. The first-order chi connectivity index (χ1) is 13.3. The zero-order valence-corrected chi connectivity index (χ0v) is 18.0. The minimum Gasteiger partial charge on any atom is -0.468 e. The third-order valence-electron chi connectivity index (χ3n) is 6.29. The van der Waals surface area contributed by atoms with Crippen LogP contribution in [-0.4, -0.2) is 57.4 Å². The minimum atomic E-state index is -3.47. The standard InChI is InChI=1S/C21H32N2O4S/c1-22(2)28(25,26)19-11-7-8-16(12-19)14-23-15-18(13-20(23)21(24)27-3)17-9-5-4-6-10-17/h7-8,11-12,17-18,20H,4-6,9-10,13-15H2,1-3H3/t18-,20-/m1/s1. The highest BCUT2D eigenvalue weighted by molar-refractivity contribution is 7.89. The van der Waals surface area contributed by atoms with Gasteiger partial charge in [0, 0.05) is 27.2 Å². The summed E-state index contributed by atoms with van der Waals surface area (Å²) in [5.41, 5.74) is 0.904. The van der Waals surface area contributed by atoms with Gasteiger partial charge in [-0.1, -0.05) is 44.2 Å². The van der Waals surface area contributed by atoms with E-state index in [9.17, 15) is 13.2 Å². The zero-order valence-electron chi connectivity index (χ0n) is 17.1. The highest BCUT2D eigenvalue weighted by Crippen LogP contribution is 2.38. The molecular formula is C21H32N2O4S. The molecule has 1 heterocycles. The Morgan fingerprint density at radius 3 is 2.54 bits per heavy atom. The second-order valence-electron chi connectivity index (χ2n) is 8.30. The van der Waals surface area contributed by atoms with Crippen LogP contribution in [0.5, 0.6) is 0 Å². The number of methoxy groups -OCH3 is 1. The highest BCUT2D eigenvalue weighted by Gasteiger charge is 2.40. The molecular weight excluding hydrogens is 376 g/mol. The molecule has 1 saturated carbocycles. The monoisotopic (exact) mass is 408 g/mol. The van der Waals surface area contributed by atoms with Gasteiger partial charge in [-0.2, -0.15) is 0 Å². The lowest BCUT2D eigenvalue weighted by Gasteiger charge is -2.27. The van der Waals surface area contributed by atoms with Crippen molar-refractivity contribution in [2.24, 2.45) is 11.8 Å². The smallest absolute Gasteiger partial charge is 0.323 e. The van der Waals surface area contributed by atoms with Crippen LogP contribution in [0.3, 0.4) is 0 Å². The van der Waals surface area contributed by atoms with E-state index >= 15 is 0 Å². The molecule has 1 aliphatic carbocycles. The molecule has 2 atom stereocenters. The van der Waals surface area contributed by atoms with Crippen molar-refractivity contribution in [3.63, 3.8) is 0 Å². The zero-order chi connectivity index (χ0) is 20.3. The second kappa shape index (κ2) is 8.93. The van der Waals surface area contributed by atoms with Crippen LogP contribution < -0.4 is 0 Å². The molecule has 0 bridgehead atoms. The van der Waals surface area contributed by atoms with Crippen molar-refractivity contribution in [3.8, 4) is 0 Å². The average molecular weight is 409 g/mol. The van der Waals surface area contributed by atoms with Crippen LogP contribution >= 0.6 is 0 Å². The summed E-state index contributed by atoms with van der Waals surface area (Å²) in [6.07, 6.45) is 7.24. The van der Waals surface area contributed by atoms with Gasteiger partial charge in [-0.3, -0.25) is 9.69 Å². The quantitative estimate of drug-likeness (QED) is 0.677. The Balaban J connectivity index is 1.78. The SMILES string of the molecule is COC(=O)[C@H]1C[C@@H](C2CCCCC2)CN1Cc1cccc(S(=O)(=O)N(C)C)c1. The largest absolute Gasteiger partial charge is 0.468 e. The van der Waals surface area contributed by atoms with Crippen molar-refractivity contribution >= 4 is 16.0 Å². The molecule has 28 heavy (non-hydrogen) atoms. The molecule has 0 N–H and O–H groups in total. The first-order valence-electron chi connectivity index (χ1n) is 10.2. The summed E-state index contributed by atoms with van der Waals surface area (Å²) in [6, 6.07) is 6.79. The van der Waals surface area contributed by atoms with E-state index in [-0.39, 0.29) is 16.9 Å². The maximum Gasteiger partial charge on any atom is 0.323 e. The number of hydrogen-bond acceptors (Lipinski definition) is 5. The van der Waals surface area contributed by atoms with Gasteiger partial charge in [-0.05, 0) is 36.0 Å².